The van der Waals surface area contributed by atoms with Crippen molar-refractivity contribution >= 4 is 40.3 Å². The summed E-state index contributed by atoms with van der Waals surface area (Å²) >= 11 is 0. The molecule has 2 heterocycles. The van der Waals surface area contributed by atoms with Crippen LogP contribution >= 0.6 is 0 Å². The Labute approximate surface area is 261 Å². The number of nitrogens with zero attached hydrogens (tertiary/aromatic N) is 3. The van der Waals surface area contributed by atoms with E-state index in [9.17, 15) is 14.4 Å². The third-order valence-electron chi connectivity index (χ3n) is 5.81. The van der Waals surface area contributed by atoms with Crippen molar-refractivity contribution in [3.8, 4) is 0 Å². The number of benzene rings is 3. The fraction of sp³-hybridized carbons (Fsp3) is 0.281. The molecule has 0 bridgehead atoms. The number of esters is 1. The van der Waals surface area contributed by atoms with Crippen LogP contribution in [0.4, 0.5) is 11.4 Å². The number of rotatable bonds is 7. The molecular formula is C32H34N4O4. The summed E-state index contributed by atoms with van der Waals surface area (Å²) in [6.45, 7) is -18.5. The minimum Gasteiger partial charge on any atom is -0.465 e. The SMILES string of the molecule is [2H]c1c([2H])c([2H])c(/C(Cc2c([2H])c([2H])c(N(C)C(=O)C([2H])([2H])N3C([2H])([2H])C([2H])([2H])N(C)C([2H])([2H])C3([2H])[2H])c([2H])c2[2H])=C2/C(=O)Nc3cc(C(=O)OC)ccc32)c([2H])c1[2H]. The molecular weight excluding hydrogens is 504 g/mol. The second kappa shape index (κ2) is 11.9. The van der Waals surface area contributed by atoms with E-state index in [4.69, 9.17) is 30.8 Å². The van der Waals surface area contributed by atoms with Gasteiger partial charge in [-0.1, -0.05) is 48.4 Å². The van der Waals surface area contributed by atoms with Crippen molar-refractivity contribution in [1.29, 1.82) is 0 Å². The van der Waals surface area contributed by atoms with Gasteiger partial charge in [0.1, 0.15) is 0 Å². The fourth-order valence-electron chi connectivity index (χ4n) is 3.82. The zero-order chi connectivity index (χ0) is 45.0. The Morgan fingerprint density at radius 3 is 2.42 bits per heavy atom. The second-order valence-electron chi connectivity index (χ2n) is 8.38. The smallest absolute Gasteiger partial charge is 0.337 e. The molecule has 1 fully saturated rings. The lowest BCUT2D eigenvalue weighted by atomic mass is 9.90. The van der Waals surface area contributed by atoms with Gasteiger partial charge in [0, 0.05) is 60.9 Å². The molecule has 8 nitrogen and oxygen atoms in total. The molecule has 0 aliphatic carbocycles. The van der Waals surface area contributed by atoms with E-state index >= 15 is 0 Å². The van der Waals surface area contributed by atoms with Crippen molar-refractivity contribution in [3.63, 3.8) is 0 Å². The number of carbonyl (C=O) groups excluding carboxylic acids is 3. The van der Waals surface area contributed by atoms with Crippen molar-refractivity contribution in [2.45, 2.75) is 6.42 Å². The first-order chi connectivity index (χ1) is 26.9. The van der Waals surface area contributed by atoms with E-state index in [0.29, 0.717) is 0 Å². The number of likely N-dealkylation sites (N-methyl/N-ethyl adjacent to an activating group) is 2. The summed E-state index contributed by atoms with van der Waals surface area (Å²) < 4.78 is 166. The van der Waals surface area contributed by atoms with E-state index in [2.05, 4.69) is 5.32 Å². The van der Waals surface area contributed by atoms with E-state index in [0.717, 1.165) is 21.2 Å². The predicted octanol–water partition coefficient (Wildman–Crippen LogP) is 3.79. The molecule has 0 spiro atoms. The number of fused-ring (bicyclic) bond motifs is 1. The number of nitrogens with one attached hydrogen (secondary N) is 1. The molecule has 2 amide bonds. The second-order valence-corrected chi connectivity index (χ2v) is 8.38. The molecule has 1 N–H and O–H groups in total. The number of methoxy groups -OCH3 is 1. The summed E-state index contributed by atoms with van der Waals surface area (Å²) in [6.07, 6.45) is -0.838. The summed E-state index contributed by atoms with van der Waals surface area (Å²) in [5.74, 6) is -3.63. The Balaban J connectivity index is 1.71. The first-order valence-electron chi connectivity index (χ1n) is 21.1. The Bertz CT molecular complexity index is 2300. The maximum Gasteiger partial charge on any atom is 0.337 e. The van der Waals surface area contributed by atoms with Crippen molar-refractivity contribution in [2.24, 2.45) is 0 Å². The van der Waals surface area contributed by atoms with Crippen LogP contribution in [0, 0.1) is 0 Å². The first-order valence-corrected chi connectivity index (χ1v) is 11.6. The lowest BCUT2D eigenvalue weighted by Gasteiger charge is -2.32. The van der Waals surface area contributed by atoms with E-state index < -0.39 is 133 Å². The highest BCUT2D eigenvalue weighted by atomic mass is 16.5. The number of amides is 2. The Hall–Kier alpha value is -4.27. The standard InChI is InChI=1S/C32H34N4O4/c1-34-15-17-36(18-16-34)21-29(37)35(2)25-12-9-22(10-13-25)19-27(23-7-5-4-6-8-23)30-26-14-11-24(32(39)40-3)20-28(26)33-31(30)38/h4-14,20H,15-19,21H2,1-3H3,(H,33,38)/b30-27+/i4D,5D,6D,7D,8D,9D,10D,12D,13D,15D2,16D2,17D2,18D2,21D2. The third-order valence-corrected chi connectivity index (χ3v) is 5.81. The molecule has 0 atom stereocenters. The minimum absolute atomic E-state index is 0.00714. The van der Waals surface area contributed by atoms with Gasteiger partial charge in [0.05, 0.1) is 39.8 Å². The van der Waals surface area contributed by atoms with Gasteiger partial charge in [0.25, 0.3) is 5.91 Å². The van der Waals surface area contributed by atoms with Gasteiger partial charge in [0.2, 0.25) is 5.91 Å². The Kier molecular flexibility index (Phi) is 3.70. The Morgan fingerprint density at radius 2 is 1.75 bits per heavy atom. The van der Waals surface area contributed by atoms with Gasteiger partial charge in [-0.05, 0) is 54.4 Å². The van der Waals surface area contributed by atoms with Gasteiger partial charge < -0.3 is 19.9 Å². The van der Waals surface area contributed by atoms with Gasteiger partial charge in [-0.2, -0.15) is 0 Å². The highest BCUT2D eigenvalue weighted by Gasteiger charge is 2.29. The first kappa shape index (κ1) is 12.5. The quantitative estimate of drug-likeness (QED) is 0.352. The van der Waals surface area contributed by atoms with Gasteiger partial charge in [-0.15, -0.1) is 0 Å². The van der Waals surface area contributed by atoms with Crippen LogP contribution < -0.4 is 10.2 Å². The molecule has 5 rings (SSSR count). The van der Waals surface area contributed by atoms with Crippen LogP contribution in [0.25, 0.3) is 11.1 Å². The maximum atomic E-state index is 14.0. The number of allylic oxidation sites excluding steroid dienone is 1. The van der Waals surface area contributed by atoms with E-state index in [1.54, 1.807) is 0 Å². The van der Waals surface area contributed by atoms with Crippen LogP contribution in [0.2, 0.25) is 0 Å². The van der Waals surface area contributed by atoms with Crippen LogP contribution in [-0.4, -0.2) is 81.3 Å². The number of piperazine rings is 1. The van der Waals surface area contributed by atoms with Crippen LogP contribution in [0.3, 0.4) is 0 Å². The molecule has 3 aromatic carbocycles. The lowest BCUT2D eigenvalue weighted by molar-refractivity contribution is -0.119. The van der Waals surface area contributed by atoms with E-state index in [1.807, 2.05) is 0 Å². The molecule has 206 valence electrons. The van der Waals surface area contributed by atoms with Gasteiger partial charge in [-0.3, -0.25) is 14.5 Å². The summed E-state index contributed by atoms with van der Waals surface area (Å²) in [5.41, 5.74) is -2.65. The molecule has 8 heteroatoms. The molecule has 0 unspecified atom stereocenters. The molecule has 0 radical (unpaired) electrons. The number of ether oxygens (including phenoxy) is 1. The van der Waals surface area contributed by atoms with Gasteiger partial charge in [-0.25, -0.2) is 4.79 Å². The molecule has 40 heavy (non-hydrogen) atoms. The lowest BCUT2D eigenvalue weighted by Crippen LogP contribution is -2.48. The van der Waals surface area contributed by atoms with E-state index in [1.165, 1.54) is 18.2 Å². The van der Waals surface area contributed by atoms with Gasteiger partial charge in [0.15, 0.2) is 0 Å². The molecule has 0 saturated carbocycles. The van der Waals surface area contributed by atoms with Crippen LogP contribution in [0.1, 0.15) is 53.1 Å². The topological polar surface area (TPSA) is 82.2 Å². The summed E-state index contributed by atoms with van der Waals surface area (Å²) in [6, 6.07) is -4.18. The van der Waals surface area contributed by atoms with Crippen molar-refractivity contribution < 1.29 is 45.2 Å². The van der Waals surface area contributed by atoms with Gasteiger partial charge >= 0.3 is 5.97 Å². The van der Waals surface area contributed by atoms with Crippen molar-refractivity contribution in [3.05, 3.63) is 94.8 Å². The zero-order valence-corrected chi connectivity index (χ0v) is 21.4. The Morgan fingerprint density at radius 1 is 1.05 bits per heavy atom. The van der Waals surface area contributed by atoms with E-state index in [-0.39, 0.29) is 37.8 Å². The number of hydrogen-bond donors (Lipinski definition) is 1. The summed E-state index contributed by atoms with van der Waals surface area (Å²) in [7, 11) is 2.59. The molecule has 2 aliphatic rings. The largest absolute Gasteiger partial charge is 0.465 e. The minimum atomic E-state index is -3.98. The maximum absolute atomic E-state index is 14.0. The number of hydrogen-bond acceptors (Lipinski definition) is 6. The molecule has 3 aromatic rings. The molecule has 2 aliphatic heterocycles. The predicted molar refractivity (Wildman–Crippen MR) is 157 cm³/mol. The summed E-state index contributed by atoms with van der Waals surface area (Å²) in [4.78, 5) is 39.6. The average Bonchev–Trinajstić information content (AvgIpc) is 3.48. The number of anilines is 2. The van der Waals surface area contributed by atoms with Crippen LogP contribution in [-0.2, 0) is 20.7 Å². The zero-order valence-electron chi connectivity index (χ0n) is 40.4. The summed E-state index contributed by atoms with van der Waals surface area (Å²) in [5, 5.41) is 2.52. The van der Waals surface area contributed by atoms with Crippen LogP contribution in [0.15, 0.2) is 72.6 Å². The van der Waals surface area contributed by atoms with Crippen molar-refractivity contribution in [1.82, 2.24) is 9.80 Å². The number of carbonyl (C=O) groups is 3. The third kappa shape index (κ3) is 5.83. The highest BCUT2D eigenvalue weighted by Crippen LogP contribution is 2.39. The monoisotopic (exact) mass is 557 g/mol. The highest BCUT2D eigenvalue weighted by molar-refractivity contribution is 6.37. The normalized spacial score (nSPS) is 29.0. The average molecular weight is 558 g/mol. The molecule has 1 saturated heterocycles. The fourth-order valence-corrected chi connectivity index (χ4v) is 3.82. The van der Waals surface area contributed by atoms with Crippen LogP contribution in [0.5, 0.6) is 0 Å². The van der Waals surface area contributed by atoms with Crippen molar-refractivity contribution in [2.75, 3.05) is 63.9 Å². The molecule has 0 aromatic heterocycles.